The van der Waals surface area contributed by atoms with E-state index in [0.29, 0.717) is 30.7 Å². The first-order valence-corrected chi connectivity index (χ1v) is 12.1. The van der Waals surface area contributed by atoms with E-state index in [-0.39, 0.29) is 12.3 Å². The number of amides is 3. The Morgan fingerprint density at radius 1 is 1.27 bits per heavy atom. The fraction of sp³-hybridized carbons (Fsp3) is 0.615. The summed E-state index contributed by atoms with van der Waals surface area (Å²) in [6, 6.07) is 3.11. The second-order valence-corrected chi connectivity index (χ2v) is 10.1. The maximum atomic E-state index is 12.1. The van der Waals surface area contributed by atoms with E-state index >= 15 is 0 Å². The van der Waals surface area contributed by atoms with Crippen molar-refractivity contribution in [3.63, 3.8) is 0 Å². The Labute approximate surface area is 197 Å². The molecule has 0 saturated carbocycles. The van der Waals surface area contributed by atoms with Crippen LogP contribution in [0.3, 0.4) is 0 Å². The van der Waals surface area contributed by atoms with Gasteiger partial charge in [-0.05, 0) is 60.9 Å². The van der Waals surface area contributed by atoms with Gasteiger partial charge in [0.05, 0.1) is 12.1 Å². The maximum absolute atomic E-state index is 12.1. The Kier molecular flexibility index (Phi) is 7.73. The molecule has 2 aliphatic rings. The molecule has 7 heteroatoms. The van der Waals surface area contributed by atoms with Crippen molar-refractivity contribution in [3.8, 4) is 11.5 Å². The van der Waals surface area contributed by atoms with E-state index in [0.717, 1.165) is 35.1 Å². The number of benzene rings is 1. The predicted octanol–water partition coefficient (Wildman–Crippen LogP) is 4.54. The number of ether oxygens (including phenoxy) is 1. The van der Waals surface area contributed by atoms with Gasteiger partial charge >= 0.3 is 6.03 Å². The Morgan fingerprint density at radius 3 is 2.67 bits per heavy atom. The van der Waals surface area contributed by atoms with Crippen molar-refractivity contribution in [2.45, 2.75) is 78.2 Å². The predicted molar refractivity (Wildman–Crippen MR) is 130 cm³/mol. The molecule has 3 amide bonds. The second-order valence-electron chi connectivity index (χ2n) is 10.1. The Hall–Kier alpha value is -2.54. The van der Waals surface area contributed by atoms with Gasteiger partial charge in [0.25, 0.3) is 0 Å². The lowest BCUT2D eigenvalue weighted by Crippen LogP contribution is -2.46. The number of nitrogens with one attached hydrogen (secondary N) is 1. The number of urea groups is 1. The standard InChI is InChI=1S/C26H39N3O4/c1-6-7-8-9-16(2)17(3)18-12-21(30)24-19-14-29(15-23(31)28-25(27)32)11-10-20(19)26(4,5)33-22(24)13-18/h12-13,16-17,30H,6-11,14-15H2,1-5H3,(H3,27,28,31,32). The number of hydrogen-bond acceptors (Lipinski definition) is 5. The number of phenolic OH excluding ortho intramolecular Hbond substituents is 1. The molecular formula is C26H39N3O4. The average Bonchev–Trinajstić information content (AvgIpc) is 2.71. The van der Waals surface area contributed by atoms with E-state index in [1.54, 1.807) is 0 Å². The highest BCUT2D eigenvalue weighted by molar-refractivity contribution is 5.94. The highest BCUT2D eigenvalue weighted by Gasteiger charge is 2.39. The van der Waals surface area contributed by atoms with Gasteiger partial charge in [-0.2, -0.15) is 0 Å². The number of primary amides is 1. The van der Waals surface area contributed by atoms with Crippen LogP contribution in [0.5, 0.6) is 11.5 Å². The summed E-state index contributed by atoms with van der Waals surface area (Å²) < 4.78 is 6.43. The minimum atomic E-state index is -0.849. The molecule has 0 aliphatic carbocycles. The van der Waals surface area contributed by atoms with Crippen LogP contribution in [0.25, 0.3) is 5.57 Å². The SMILES string of the molecule is CCCCCC(C)C(C)c1cc(O)c2c(c1)OC(C)(C)C1=C2CN(CC(=O)NC(N)=O)CC1. The molecule has 0 aromatic heterocycles. The maximum Gasteiger partial charge on any atom is 0.318 e. The summed E-state index contributed by atoms with van der Waals surface area (Å²) in [7, 11) is 0. The first-order chi connectivity index (χ1) is 15.5. The van der Waals surface area contributed by atoms with Crippen molar-refractivity contribution in [2.75, 3.05) is 19.6 Å². The topological polar surface area (TPSA) is 105 Å². The van der Waals surface area contributed by atoms with E-state index in [2.05, 4.69) is 46.0 Å². The number of fused-ring (bicyclic) bond motifs is 2. The number of imide groups is 1. The lowest BCUT2D eigenvalue weighted by molar-refractivity contribution is -0.121. The number of unbranched alkanes of at least 4 members (excludes halogenated alkanes) is 2. The molecule has 33 heavy (non-hydrogen) atoms. The fourth-order valence-electron chi connectivity index (χ4n) is 5.13. The molecular weight excluding hydrogens is 418 g/mol. The highest BCUT2D eigenvalue weighted by atomic mass is 16.5. The number of phenols is 1. The minimum absolute atomic E-state index is 0.0709. The number of carbonyl (C=O) groups excluding carboxylic acids is 2. The van der Waals surface area contributed by atoms with E-state index in [1.807, 2.05) is 11.0 Å². The van der Waals surface area contributed by atoms with Crippen LogP contribution in [0, 0.1) is 5.92 Å². The average molecular weight is 458 g/mol. The lowest BCUT2D eigenvalue weighted by Gasteiger charge is -2.42. The summed E-state index contributed by atoms with van der Waals surface area (Å²) in [6.45, 7) is 12.1. The van der Waals surface area contributed by atoms with Gasteiger partial charge < -0.3 is 15.6 Å². The van der Waals surface area contributed by atoms with Crippen LogP contribution in [0.1, 0.15) is 83.8 Å². The molecule has 7 nitrogen and oxygen atoms in total. The van der Waals surface area contributed by atoms with Gasteiger partial charge in [0.1, 0.15) is 17.1 Å². The molecule has 4 N–H and O–H groups in total. The molecule has 2 heterocycles. The van der Waals surface area contributed by atoms with E-state index in [9.17, 15) is 14.7 Å². The van der Waals surface area contributed by atoms with Crippen molar-refractivity contribution in [3.05, 3.63) is 28.8 Å². The highest BCUT2D eigenvalue weighted by Crippen LogP contribution is 2.49. The molecule has 0 saturated heterocycles. The van der Waals surface area contributed by atoms with Crippen LogP contribution in [0.4, 0.5) is 4.79 Å². The third-order valence-electron chi connectivity index (χ3n) is 7.19. The monoisotopic (exact) mass is 457 g/mol. The normalized spacial score (nSPS) is 19.2. The van der Waals surface area contributed by atoms with Gasteiger partial charge in [-0.15, -0.1) is 0 Å². The number of aromatic hydroxyl groups is 1. The van der Waals surface area contributed by atoms with Crippen LogP contribution >= 0.6 is 0 Å². The van der Waals surface area contributed by atoms with Crippen LogP contribution in [0.2, 0.25) is 0 Å². The molecule has 2 aliphatic heterocycles. The van der Waals surface area contributed by atoms with E-state index in [4.69, 9.17) is 10.5 Å². The van der Waals surface area contributed by atoms with Crippen molar-refractivity contribution < 1.29 is 19.4 Å². The van der Waals surface area contributed by atoms with Gasteiger partial charge in [0.2, 0.25) is 5.91 Å². The zero-order chi connectivity index (χ0) is 24.3. The molecule has 182 valence electrons. The third-order valence-corrected chi connectivity index (χ3v) is 7.19. The van der Waals surface area contributed by atoms with E-state index in [1.165, 1.54) is 19.3 Å². The van der Waals surface area contributed by atoms with Crippen molar-refractivity contribution in [1.29, 1.82) is 0 Å². The summed E-state index contributed by atoms with van der Waals surface area (Å²) in [5.74, 6) is 1.31. The molecule has 0 spiro atoms. The summed E-state index contributed by atoms with van der Waals surface area (Å²) in [6.07, 6.45) is 5.56. The first-order valence-electron chi connectivity index (χ1n) is 12.1. The number of hydrogen-bond donors (Lipinski definition) is 3. The molecule has 0 bridgehead atoms. The van der Waals surface area contributed by atoms with Crippen LogP contribution < -0.4 is 15.8 Å². The fourth-order valence-corrected chi connectivity index (χ4v) is 5.13. The molecule has 2 unspecified atom stereocenters. The number of carbonyl (C=O) groups is 2. The van der Waals surface area contributed by atoms with Gasteiger partial charge in [-0.3, -0.25) is 15.0 Å². The van der Waals surface area contributed by atoms with Crippen LogP contribution in [0.15, 0.2) is 17.7 Å². The smallest absolute Gasteiger partial charge is 0.318 e. The molecule has 0 fully saturated rings. The van der Waals surface area contributed by atoms with Crippen molar-refractivity contribution >= 4 is 17.5 Å². The Balaban J connectivity index is 1.88. The molecule has 3 rings (SSSR count). The zero-order valence-corrected chi connectivity index (χ0v) is 20.7. The van der Waals surface area contributed by atoms with Gasteiger partial charge in [-0.25, -0.2) is 4.79 Å². The number of rotatable bonds is 8. The van der Waals surface area contributed by atoms with Gasteiger partial charge in [0.15, 0.2) is 0 Å². The van der Waals surface area contributed by atoms with Crippen molar-refractivity contribution in [1.82, 2.24) is 10.2 Å². The lowest BCUT2D eigenvalue weighted by atomic mass is 9.79. The first kappa shape index (κ1) is 25.1. The minimum Gasteiger partial charge on any atom is -0.507 e. The van der Waals surface area contributed by atoms with Crippen LogP contribution in [-0.4, -0.2) is 47.2 Å². The molecule has 0 radical (unpaired) electrons. The summed E-state index contributed by atoms with van der Waals surface area (Å²) in [5.41, 5.74) is 8.53. The molecule has 2 atom stereocenters. The largest absolute Gasteiger partial charge is 0.507 e. The zero-order valence-electron chi connectivity index (χ0n) is 20.7. The second kappa shape index (κ2) is 10.2. The number of nitrogens with two attached hydrogens (primary N) is 1. The van der Waals surface area contributed by atoms with Crippen LogP contribution in [-0.2, 0) is 4.79 Å². The van der Waals surface area contributed by atoms with Crippen molar-refractivity contribution in [2.24, 2.45) is 11.7 Å². The number of nitrogens with zero attached hydrogens (tertiary/aromatic N) is 1. The summed E-state index contributed by atoms with van der Waals surface area (Å²) in [5, 5.41) is 13.2. The Bertz CT molecular complexity index is 938. The molecule has 1 aromatic rings. The summed E-state index contributed by atoms with van der Waals surface area (Å²) in [4.78, 5) is 25.0. The Morgan fingerprint density at radius 2 is 2.00 bits per heavy atom. The van der Waals surface area contributed by atoms with Gasteiger partial charge in [-0.1, -0.05) is 46.5 Å². The quantitative estimate of drug-likeness (QED) is 0.497. The molecule has 1 aromatic carbocycles. The van der Waals surface area contributed by atoms with Gasteiger partial charge in [0, 0.05) is 13.1 Å². The third kappa shape index (κ3) is 5.69. The summed E-state index contributed by atoms with van der Waals surface area (Å²) >= 11 is 0. The van der Waals surface area contributed by atoms with E-state index < -0.39 is 17.5 Å².